The van der Waals surface area contributed by atoms with Gasteiger partial charge in [0.05, 0.1) is 6.61 Å². The first-order chi connectivity index (χ1) is 13.6. The molecule has 2 aromatic carbocycles. The number of amides is 1. The Hall–Kier alpha value is -2.38. The van der Waals surface area contributed by atoms with Gasteiger partial charge in [-0.3, -0.25) is 4.79 Å². The second-order valence-electron chi connectivity index (χ2n) is 7.31. The highest BCUT2D eigenvalue weighted by molar-refractivity contribution is 6.62. The summed E-state index contributed by atoms with van der Waals surface area (Å²) in [4.78, 5) is 14.5. The van der Waals surface area contributed by atoms with Crippen molar-refractivity contribution >= 4 is 18.5 Å². The molecule has 28 heavy (non-hydrogen) atoms. The van der Waals surface area contributed by atoms with Crippen molar-refractivity contribution < 1.29 is 23.6 Å². The third kappa shape index (κ3) is 4.21. The Morgan fingerprint density at radius 3 is 2.82 bits per heavy atom. The van der Waals surface area contributed by atoms with Crippen LogP contribution in [-0.2, 0) is 22.5 Å². The Bertz CT molecular complexity index is 854. The van der Waals surface area contributed by atoms with E-state index in [0.29, 0.717) is 38.3 Å². The second-order valence-corrected chi connectivity index (χ2v) is 7.31. The van der Waals surface area contributed by atoms with Crippen LogP contribution in [-0.4, -0.2) is 42.1 Å². The minimum atomic E-state index is -0.892. The summed E-state index contributed by atoms with van der Waals surface area (Å²) >= 11 is 0. The number of rotatable bonds is 5. The number of piperidine rings is 1. The van der Waals surface area contributed by atoms with Crippen LogP contribution in [0, 0.1) is 5.82 Å². The van der Waals surface area contributed by atoms with Gasteiger partial charge < -0.3 is 19.3 Å². The van der Waals surface area contributed by atoms with E-state index >= 15 is 0 Å². The highest BCUT2D eigenvalue weighted by Crippen LogP contribution is 2.21. The van der Waals surface area contributed by atoms with Crippen LogP contribution in [0.5, 0.6) is 5.75 Å². The standard InChI is InChI=1S/C21H23BFNO4/c23-17-5-2-6-19(13-17)28-18-9-11-24(12-10-18)20(25)8-7-15-3-1-4-16-14-27-22(26)21(15)16/h1-6,13,18,26H,7-12,14H2. The van der Waals surface area contributed by atoms with E-state index in [9.17, 15) is 14.2 Å². The Kier molecular flexibility index (Phi) is 5.64. The van der Waals surface area contributed by atoms with Crippen LogP contribution in [0.2, 0.25) is 0 Å². The molecular formula is C21H23BFNO4. The third-order valence-electron chi connectivity index (χ3n) is 5.43. The van der Waals surface area contributed by atoms with Crippen molar-refractivity contribution in [2.75, 3.05) is 13.1 Å². The summed E-state index contributed by atoms with van der Waals surface area (Å²) in [6, 6.07) is 12.0. The third-order valence-corrected chi connectivity index (χ3v) is 5.43. The maximum absolute atomic E-state index is 13.3. The Balaban J connectivity index is 1.27. The number of ether oxygens (including phenoxy) is 1. The van der Waals surface area contributed by atoms with Gasteiger partial charge in [-0.2, -0.15) is 0 Å². The molecule has 2 aliphatic rings. The fourth-order valence-corrected chi connectivity index (χ4v) is 3.93. The summed E-state index contributed by atoms with van der Waals surface area (Å²) in [5.41, 5.74) is 2.78. The van der Waals surface area contributed by atoms with E-state index in [0.717, 1.165) is 29.4 Å². The molecule has 0 atom stereocenters. The number of hydrogen-bond donors (Lipinski definition) is 1. The van der Waals surface area contributed by atoms with Crippen molar-refractivity contribution in [3.05, 3.63) is 59.4 Å². The van der Waals surface area contributed by atoms with E-state index in [-0.39, 0.29) is 17.8 Å². The average Bonchev–Trinajstić information content (AvgIpc) is 3.08. The zero-order valence-electron chi connectivity index (χ0n) is 15.6. The van der Waals surface area contributed by atoms with E-state index in [4.69, 9.17) is 9.39 Å². The van der Waals surface area contributed by atoms with Gasteiger partial charge in [0.25, 0.3) is 0 Å². The number of carbonyl (C=O) groups is 1. The van der Waals surface area contributed by atoms with Crippen molar-refractivity contribution in [2.45, 2.75) is 38.4 Å². The maximum atomic E-state index is 13.3. The van der Waals surface area contributed by atoms with Gasteiger partial charge in [-0.1, -0.05) is 24.3 Å². The van der Waals surface area contributed by atoms with Crippen LogP contribution in [0.3, 0.4) is 0 Å². The lowest BCUT2D eigenvalue weighted by molar-refractivity contribution is -0.132. The van der Waals surface area contributed by atoms with E-state index in [1.807, 2.05) is 23.1 Å². The second kappa shape index (κ2) is 8.33. The molecule has 0 radical (unpaired) electrons. The van der Waals surface area contributed by atoms with Gasteiger partial charge in [0.1, 0.15) is 17.7 Å². The first-order valence-corrected chi connectivity index (χ1v) is 9.70. The van der Waals surface area contributed by atoms with Crippen molar-refractivity contribution in [2.24, 2.45) is 0 Å². The largest absolute Gasteiger partial charge is 0.492 e. The van der Waals surface area contributed by atoms with Gasteiger partial charge in [0.15, 0.2) is 0 Å². The summed E-state index contributed by atoms with van der Waals surface area (Å²) in [6.07, 6.45) is 2.45. The molecule has 0 bridgehead atoms. The fourth-order valence-electron chi connectivity index (χ4n) is 3.93. The van der Waals surface area contributed by atoms with Crippen LogP contribution in [0.15, 0.2) is 42.5 Å². The molecule has 1 amide bonds. The number of aryl methyl sites for hydroxylation is 1. The molecule has 5 nitrogen and oxygen atoms in total. The molecule has 1 fully saturated rings. The van der Waals surface area contributed by atoms with Gasteiger partial charge in [0, 0.05) is 38.4 Å². The topological polar surface area (TPSA) is 59.0 Å². The molecule has 0 spiro atoms. The van der Waals surface area contributed by atoms with Gasteiger partial charge in [-0.25, -0.2) is 4.39 Å². The summed E-state index contributed by atoms with van der Waals surface area (Å²) in [6.45, 7) is 1.69. The lowest BCUT2D eigenvalue weighted by Gasteiger charge is -2.32. The van der Waals surface area contributed by atoms with E-state index in [1.165, 1.54) is 12.1 Å². The van der Waals surface area contributed by atoms with Gasteiger partial charge in [-0.05, 0) is 35.1 Å². The number of nitrogens with zero attached hydrogens (tertiary/aromatic N) is 1. The minimum Gasteiger partial charge on any atom is -0.490 e. The quantitative estimate of drug-likeness (QED) is 0.803. The predicted octanol–water partition coefficient (Wildman–Crippen LogP) is 2.05. The summed E-state index contributed by atoms with van der Waals surface area (Å²) < 4.78 is 24.4. The molecule has 0 aromatic heterocycles. The zero-order chi connectivity index (χ0) is 19.5. The first kappa shape index (κ1) is 19.0. The van der Waals surface area contributed by atoms with Crippen molar-refractivity contribution in [1.82, 2.24) is 4.90 Å². The lowest BCUT2D eigenvalue weighted by Crippen LogP contribution is -2.42. The smallest absolute Gasteiger partial charge is 0.490 e. The van der Waals surface area contributed by atoms with Crippen LogP contribution in [0.1, 0.15) is 30.4 Å². The molecule has 0 unspecified atom stereocenters. The number of fused-ring (bicyclic) bond motifs is 1. The Morgan fingerprint density at radius 2 is 2.04 bits per heavy atom. The molecule has 4 rings (SSSR count). The predicted molar refractivity (Wildman–Crippen MR) is 104 cm³/mol. The van der Waals surface area contributed by atoms with Crippen LogP contribution in [0.25, 0.3) is 0 Å². The van der Waals surface area contributed by atoms with Gasteiger partial charge in [-0.15, -0.1) is 0 Å². The maximum Gasteiger partial charge on any atom is 0.492 e. The molecule has 7 heteroatoms. The fraction of sp³-hybridized carbons (Fsp3) is 0.381. The van der Waals surface area contributed by atoms with Crippen molar-refractivity contribution in [1.29, 1.82) is 0 Å². The SMILES string of the molecule is O=C(CCc1cccc2c1B(O)OC2)N1CCC(Oc2cccc(F)c2)CC1. The van der Waals surface area contributed by atoms with Gasteiger partial charge >= 0.3 is 7.12 Å². The number of likely N-dealkylation sites (tertiary alicyclic amines) is 1. The number of hydrogen-bond acceptors (Lipinski definition) is 4. The molecule has 0 aliphatic carbocycles. The Labute approximate surface area is 164 Å². The van der Waals surface area contributed by atoms with Crippen molar-refractivity contribution in [3.8, 4) is 5.75 Å². The molecule has 2 aliphatic heterocycles. The van der Waals surface area contributed by atoms with Crippen molar-refractivity contribution in [3.63, 3.8) is 0 Å². The number of benzene rings is 2. The molecule has 1 N–H and O–H groups in total. The van der Waals surface area contributed by atoms with Gasteiger partial charge in [0.2, 0.25) is 5.91 Å². The van der Waals surface area contributed by atoms with E-state index in [2.05, 4.69) is 0 Å². The normalized spacial score (nSPS) is 16.9. The molecule has 2 heterocycles. The monoisotopic (exact) mass is 383 g/mol. The summed E-state index contributed by atoms with van der Waals surface area (Å²) in [5.74, 6) is 0.326. The number of carbonyl (C=O) groups excluding carboxylic acids is 1. The van der Waals surface area contributed by atoms with E-state index in [1.54, 1.807) is 12.1 Å². The molecule has 1 saturated heterocycles. The first-order valence-electron chi connectivity index (χ1n) is 9.70. The Morgan fingerprint density at radius 1 is 1.25 bits per heavy atom. The number of halogens is 1. The highest BCUT2D eigenvalue weighted by atomic mass is 19.1. The van der Waals surface area contributed by atoms with Crippen LogP contribution < -0.4 is 10.2 Å². The van der Waals surface area contributed by atoms with Crippen LogP contribution >= 0.6 is 0 Å². The molecule has 0 saturated carbocycles. The molecule has 146 valence electrons. The van der Waals surface area contributed by atoms with Crippen LogP contribution in [0.4, 0.5) is 4.39 Å². The summed E-state index contributed by atoms with van der Waals surface area (Å²) in [7, 11) is -0.892. The molecular weight excluding hydrogens is 360 g/mol. The highest BCUT2D eigenvalue weighted by Gasteiger charge is 2.30. The summed E-state index contributed by atoms with van der Waals surface area (Å²) in [5, 5.41) is 9.99. The zero-order valence-corrected chi connectivity index (χ0v) is 15.6. The lowest BCUT2D eigenvalue weighted by atomic mass is 9.75. The van der Waals surface area contributed by atoms with E-state index < -0.39 is 7.12 Å². The minimum absolute atomic E-state index is 0.00413. The molecule has 2 aromatic rings. The average molecular weight is 383 g/mol.